The van der Waals surface area contributed by atoms with Crippen LogP contribution in [0.4, 0.5) is 4.79 Å². The highest BCUT2D eigenvalue weighted by molar-refractivity contribution is 5.82. The zero-order valence-corrected chi connectivity index (χ0v) is 11.8. The third-order valence-corrected chi connectivity index (χ3v) is 3.43. The zero-order valence-electron chi connectivity index (χ0n) is 11.8. The Hall–Kier alpha value is -1.30. The van der Waals surface area contributed by atoms with Gasteiger partial charge in [-0.05, 0) is 27.2 Å². The van der Waals surface area contributed by atoms with Crippen molar-refractivity contribution in [3.8, 4) is 0 Å². The highest BCUT2D eigenvalue weighted by Crippen LogP contribution is 2.23. The molecule has 2 aliphatic rings. The van der Waals surface area contributed by atoms with E-state index in [1.807, 2.05) is 0 Å². The zero-order chi connectivity index (χ0) is 14.2. The normalized spacial score (nSPS) is 27.2. The van der Waals surface area contributed by atoms with Gasteiger partial charge in [-0.1, -0.05) is 0 Å². The fraction of sp³-hybridized carbons (Fsp3) is 0.846. The SMILES string of the molecule is CC(C)(C)OC(=O)N1C[C@@H](O)[C@H](C(=O)N2CCC2)C1. The number of β-amino-alcohol motifs (C(OH)–C–C–N with tert-alkyl or cyclic N) is 1. The number of amides is 2. The molecule has 0 saturated carbocycles. The number of likely N-dealkylation sites (tertiary alicyclic amines) is 2. The molecule has 2 amide bonds. The molecule has 6 nitrogen and oxygen atoms in total. The van der Waals surface area contributed by atoms with Crippen LogP contribution in [0, 0.1) is 5.92 Å². The summed E-state index contributed by atoms with van der Waals surface area (Å²) >= 11 is 0. The first-order valence-corrected chi connectivity index (χ1v) is 6.73. The minimum atomic E-state index is -0.791. The number of hydrogen-bond donors (Lipinski definition) is 1. The predicted octanol–water partition coefficient (Wildman–Crippen LogP) is 0.447. The van der Waals surface area contributed by atoms with Gasteiger partial charge in [-0.3, -0.25) is 4.79 Å². The van der Waals surface area contributed by atoms with Gasteiger partial charge in [0, 0.05) is 19.6 Å². The molecule has 0 aromatic carbocycles. The molecule has 0 spiro atoms. The second kappa shape index (κ2) is 5.00. The standard InChI is InChI=1S/C13H22N2O4/c1-13(2,3)19-12(18)15-7-9(10(16)8-15)11(17)14-5-4-6-14/h9-10,16H,4-8H2,1-3H3/t9-,10-/m1/s1. The molecule has 2 rings (SSSR count). The van der Waals surface area contributed by atoms with E-state index in [0.717, 1.165) is 19.5 Å². The van der Waals surface area contributed by atoms with E-state index < -0.39 is 23.7 Å². The Morgan fingerprint density at radius 2 is 1.79 bits per heavy atom. The lowest BCUT2D eigenvalue weighted by Gasteiger charge is -2.33. The van der Waals surface area contributed by atoms with Gasteiger partial charge in [0.15, 0.2) is 0 Å². The molecule has 0 bridgehead atoms. The van der Waals surface area contributed by atoms with Crippen LogP contribution in [0.5, 0.6) is 0 Å². The monoisotopic (exact) mass is 270 g/mol. The number of nitrogens with zero attached hydrogens (tertiary/aromatic N) is 2. The largest absolute Gasteiger partial charge is 0.444 e. The fourth-order valence-electron chi connectivity index (χ4n) is 2.28. The van der Waals surface area contributed by atoms with Gasteiger partial charge >= 0.3 is 6.09 Å². The molecule has 2 heterocycles. The highest BCUT2D eigenvalue weighted by atomic mass is 16.6. The van der Waals surface area contributed by atoms with E-state index in [-0.39, 0.29) is 19.0 Å². The Bertz CT molecular complexity index is 373. The Morgan fingerprint density at radius 3 is 2.26 bits per heavy atom. The van der Waals surface area contributed by atoms with Gasteiger partial charge < -0.3 is 19.6 Å². The minimum Gasteiger partial charge on any atom is -0.444 e. The number of rotatable bonds is 1. The Balaban J connectivity index is 1.93. The summed E-state index contributed by atoms with van der Waals surface area (Å²) in [6, 6.07) is 0. The highest BCUT2D eigenvalue weighted by Gasteiger charge is 2.42. The lowest BCUT2D eigenvalue weighted by Crippen LogP contribution is -2.48. The van der Waals surface area contributed by atoms with Gasteiger partial charge in [-0.25, -0.2) is 4.79 Å². The van der Waals surface area contributed by atoms with Crippen molar-refractivity contribution in [2.45, 2.75) is 38.9 Å². The molecule has 108 valence electrons. The maximum atomic E-state index is 12.1. The van der Waals surface area contributed by atoms with Crippen LogP contribution < -0.4 is 0 Å². The number of carbonyl (C=O) groups is 2. The van der Waals surface area contributed by atoms with Crippen LogP contribution in [0.15, 0.2) is 0 Å². The maximum absolute atomic E-state index is 12.1. The summed E-state index contributed by atoms with van der Waals surface area (Å²) in [7, 11) is 0. The fourth-order valence-corrected chi connectivity index (χ4v) is 2.28. The average Bonchev–Trinajstić information content (AvgIpc) is 2.54. The molecule has 19 heavy (non-hydrogen) atoms. The second-order valence-electron chi connectivity index (χ2n) is 6.24. The summed E-state index contributed by atoms with van der Waals surface area (Å²) in [5.41, 5.74) is -0.568. The summed E-state index contributed by atoms with van der Waals surface area (Å²) < 4.78 is 5.25. The van der Waals surface area contributed by atoms with Crippen molar-refractivity contribution >= 4 is 12.0 Å². The molecule has 2 saturated heterocycles. The van der Waals surface area contributed by atoms with Gasteiger partial charge in [0.05, 0.1) is 18.6 Å². The summed E-state index contributed by atoms with van der Waals surface area (Å²) in [5.74, 6) is -0.558. The van der Waals surface area contributed by atoms with Gasteiger partial charge in [0.25, 0.3) is 0 Å². The average molecular weight is 270 g/mol. The van der Waals surface area contributed by atoms with Crippen LogP contribution in [-0.2, 0) is 9.53 Å². The van der Waals surface area contributed by atoms with Crippen molar-refractivity contribution in [2.75, 3.05) is 26.2 Å². The molecule has 0 radical (unpaired) electrons. The Labute approximate surface area is 113 Å². The summed E-state index contributed by atoms with van der Waals surface area (Å²) in [4.78, 5) is 27.1. The van der Waals surface area contributed by atoms with E-state index in [4.69, 9.17) is 4.74 Å². The molecule has 1 N–H and O–H groups in total. The Kier molecular flexibility index (Phi) is 3.71. The van der Waals surface area contributed by atoms with Gasteiger partial charge in [0.2, 0.25) is 5.91 Å². The summed E-state index contributed by atoms with van der Waals surface area (Å²) in [6.45, 7) is 7.30. The van der Waals surface area contributed by atoms with E-state index in [2.05, 4.69) is 0 Å². The molecule has 0 aromatic rings. The third-order valence-electron chi connectivity index (χ3n) is 3.43. The lowest BCUT2D eigenvalue weighted by atomic mass is 10.0. The van der Waals surface area contributed by atoms with Crippen LogP contribution >= 0.6 is 0 Å². The van der Waals surface area contributed by atoms with Crippen molar-refractivity contribution < 1.29 is 19.4 Å². The van der Waals surface area contributed by atoms with Crippen LogP contribution in [0.3, 0.4) is 0 Å². The Morgan fingerprint density at radius 1 is 1.16 bits per heavy atom. The molecular formula is C13H22N2O4. The maximum Gasteiger partial charge on any atom is 0.410 e. The number of aliphatic hydroxyl groups is 1. The number of ether oxygens (including phenoxy) is 1. The van der Waals surface area contributed by atoms with Crippen LogP contribution in [0.1, 0.15) is 27.2 Å². The first-order valence-electron chi connectivity index (χ1n) is 6.73. The van der Waals surface area contributed by atoms with Gasteiger partial charge in [-0.2, -0.15) is 0 Å². The quantitative estimate of drug-likeness (QED) is 0.751. The second-order valence-corrected chi connectivity index (χ2v) is 6.24. The van der Waals surface area contributed by atoms with E-state index in [1.165, 1.54) is 4.90 Å². The van der Waals surface area contributed by atoms with E-state index in [1.54, 1.807) is 25.7 Å². The predicted molar refractivity (Wildman–Crippen MR) is 68.5 cm³/mol. The smallest absolute Gasteiger partial charge is 0.410 e. The van der Waals surface area contributed by atoms with Crippen molar-refractivity contribution in [1.82, 2.24) is 9.80 Å². The van der Waals surface area contributed by atoms with Gasteiger partial charge in [0.1, 0.15) is 5.60 Å². The molecule has 2 aliphatic heterocycles. The molecule has 6 heteroatoms. The summed E-state index contributed by atoms with van der Waals surface area (Å²) in [5, 5.41) is 9.95. The first-order chi connectivity index (χ1) is 8.78. The van der Waals surface area contributed by atoms with Crippen molar-refractivity contribution in [3.05, 3.63) is 0 Å². The molecule has 0 aromatic heterocycles. The van der Waals surface area contributed by atoms with Gasteiger partial charge in [-0.15, -0.1) is 0 Å². The lowest BCUT2D eigenvalue weighted by molar-refractivity contribution is -0.141. The van der Waals surface area contributed by atoms with Crippen LogP contribution in [0.25, 0.3) is 0 Å². The molecular weight excluding hydrogens is 248 g/mol. The minimum absolute atomic E-state index is 0.0511. The van der Waals surface area contributed by atoms with Crippen LogP contribution in [-0.4, -0.2) is 64.8 Å². The third kappa shape index (κ3) is 3.18. The summed E-state index contributed by atoms with van der Waals surface area (Å²) in [6.07, 6.45) is -0.240. The molecule has 2 fully saturated rings. The van der Waals surface area contributed by atoms with E-state index >= 15 is 0 Å². The van der Waals surface area contributed by atoms with Crippen molar-refractivity contribution in [1.29, 1.82) is 0 Å². The van der Waals surface area contributed by atoms with Crippen molar-refractivity contribution in [2.24, 2.45) is 5.92 Å². The first kappa shape index (κ1) is 14.1. The molecule has 2 atom stereocenters. The number of carbonyl (C=O) groups excluding carboxylic acids is 2. The number of aliphatic hydroxyl groups excluding tert-OH is 1. The number of hydrogen-bond acceptors (Lipinski definition) is 4. The van der Waals surface area contributed by atoms with Crippen molar-refractivity contribution in [3.63, 3.8) is 0 Å². The molecule has 0 unspecified atom stereocenters. The topological polar surface area (TPSA) is 70.1 Å². The van der Waals surface area contributed by atoms with E-state index in [9.17, 15) is 14.7 Å². The van der Waals surface area contributed by atoms with Crippen LogP contribution in [0.2, 0.25) is 0 Å². The molecule has 0 aliphatic carbocycles. The van der Waals surface area contributed by atoms with E-state index in [0.29, 0.717) is 0 Å².